The summed E-state index contributed by atoms with van der Waals surface area (Å²) in [5.74, 6) is -0.937. The van der Waals surface area contributed by atoms with E-state index in [4.69, 9.17) is 0 Å². The van der Waals surface area contributed by atoms with Crippen molar-refractivity contribution in [2.24, 2.45) is 0 Å². The third-order valence-electron chi connectivity index (χ3n) is 3.76. The zero-order valence-electron chi connectivity index (χ0n) is 11.4. The molecule has 1 aliphatic rings. The fraction of sp³-hybridized carbons (Fsp3) is 0.467. The highest BCUT2D eigenvalue weighted by Crippen LogP contribution is 2.29. The molecule has 0 radical (unpaired) electrons. The quantitative estimate of drug-likeness (QED) is 0.769. The molecule has 108 valence electrons. The van der Waals surface area contributed by atoms with Crippen LogP contribution >= 0.6 is 0 Å². The van der Waals surface area contributed by atoms with Crippen molar-refractivity contribution in [3.63, 3.8) is 0 Å². The molecule has 2 rings (SSSR count). The number of amides is 2. The highest BCUT2D eigenvalue weighted by molar-refractivity contribution is 5.86. The van der Waals surface area contributed by atoms with Crippen LogP contribution in [0, 0.1) is 0 Å². The second-order valence-corrected chi connectivity index (χ2v) is 5.21. The fourth-order valence-electron chi connectivity index (χ4n) is 2.60. The van der Waals surface area contributed by atoms with Crippen molar-refractivity contribution >= 4 is 12.0 Å². The number of carboxylic acids is 1. The van der Waals surface area contributed by atoms with Crippen molar-refractivity contribution in [2.45, 2.75) is 37.6 Å². The van der Waals surface area contributed by atoms with Crippen molar-refractivity contribution in [3.05, 3.63) is 35.9 Å². The van der Waals surface area contributed by atoms with E-state index in [1.54, 1.807) is 0 Å². The minimum atomic E-state index is -1.07. The van der Waals surface area contributed by atoms with Gasteiger partial charge in [0.05, 0.1) is 0 Å². The first-order chi connectivity index (χ1) is 9.62. The minimum absolute atomic E-state index is 0.398. The average molecular weight is 276 g/mol. The molecular weight excluding hydrogens is 256 g/mol. The first kappa shape index (κ1) is 14.4. The van der Waals surface area contributed by atoms with Gasteiger partial charge < -0.3 is 15.7 Å². The van der Waals surface area contributed by atoms with Crippen LogP contribution in [-0.4, -0.2) is 29.2 Å². The molecule has 0 spiro atoms. The van der Waals surface area contributed by atoms with Gasteiger partial charge in [-0.2, -0.15) is 0 Å². The summed E-state index contributed by atoms with van der Waals surface area (Å²) in [4.78, 5) is 23.1. The Morgan fingerprint density at radius 1 is 1.15 bits per heavy atom. The van der Waals surface area contributed by atoms with E-state index >= 15 is 0 Å². The summed E-state index contributed by atoms with van der Waals surface area (Å²) in [7, 11) is 0. The van der Waals surface area contributed by atoms with E-state index in [9.17, 15) is 14.7 Å². The van der Waals surface area contributed by atoms with Crippen LogP contribution in [0.1, 0.15) is 31.2 Å². The Hall–Kier alpha value is -2.04. The summed E-state index contributed by atoms with van der Waals surface area (Å²) in [6, 6.07) is 9.44. The van der Waals surface area contributed by atoms with E-state index in [0.29, 0.717) is 19.4 Å². The summed E-state index contributed by atoms with van der Waals surface area (Å²) in [6.45, 7) is 0.492. The summed E-state index contributed by atoms with van der Waals surface area (Å²) in [5.41, 5.74) is 0.0678. The lowest BCUT2D eigenvalue weighted by Gasteiger charge is -2.25. The molecule has 0 heterocycles. The predicted octanol–water partition coefficient (Wildman–Crippen LogP) is 1.93. The van der Waals surface area contributed by atoms with Gasteiger partial charge in [0.15, 0.2) is 0 Å². The molecule has 0 unspecified atom stereocenters. The smallest absolute Gasteiger partial charge is 0.329 e. The minimum Gasteiger partial charge on any atom is -0.480 e. The third kappa shape index (κ3) is 3.50. The van der Waals surface area contributed by atoms with Gasteiger partial charge >= 0.3 is 12.0 Å². The number of carbonyl (C=O) groups is 2. The molecule has 2 amide bonds. The molecule has 5 nitrogen and oxygen atoms in total. The Morgan fingerprint density at radius 3 is 2.40 bits per heavy atom. The topological polar surface area (TPSA) is 78.4 Å². The van der Waals surface area contributed by atoms with Crippen LogP contribution in [0.4, 0.5) is 4.79 Å². The van der Waals surface area contributed by atoms with Crippen molar-refractivity contribution in [2.75, 3.05) is 6.54 Å². The van der Waals surface area contributed by atoms with Gasteiger partial charge in [0.1, 0.15) is 5.54 Å². The van der Waals surface area contributed by atoms with E-state index in [0.717, 1.165) is 24.8 Å². The van der Waals surface area contributed by atoms with Crippen LogP contribution in [0.3, 0.4) is 0 Å². The Balaban J connectivity index is 1.79. The van der Waals surface area contributed by atoms with Crippen molar-refractivity contribution in [1.82, 2.24) is 10.6 Å². The van der Waals surface area contributed by atoms with Crippen LogP contribution in [0.5, 0.6) is 0 Å². The number of urea groups is 1. The van der Waals surface area contributed by atoms with E-state index in [-0.39, 0.29) is 0 Å². The molecule has 5 heteroatoms. The SMILES string of the molecule is O=C(NCCc1ccccc1)NC1(C(=O)O)CCCC1. The zero-order valence-corrected chi connectivity index (χ0v) is 11.4. The number of aliphatic carboxylic acids is 1. The lowest BCUT2D eigenvalue weighted by molar-refractivity contribution is -0.144. The average Bonchev–Trinajstić information content (AvgIpc) is 2.90. The van der Waals surface area contributed by atoms with Gasteiger partial charge in [0.2, 0.25) is 0 Å². The number of carboxylic acid groups (broad SMARTS) is 1. The normalized spacial score (nSPS) is 16.6. The summed E-state index contributed by atoms with van der Waals surface area (Å²) in [6.07, 6.45) is 3.43. The molecule has 0 aromatic heterocycles. The van der Waals surface area contributed by atoms with Gasteiger partial charge in [0.25, 0.3) is 0 Å². The maximum absolute atomic E-state index is 11.8. The second-order valence-electron chi connectivity index (χ2n) is 5.21. The van der Waals surface area contributed by atoms with Gasteiger partial charge in [-0.3, -0.25) is 0 Å². The molecule has 1 saturated carbocycles. The molecule has 1 aliphatic carbocycles. The predicted molar refractivity (Wildman–Crippen MR) is 75.5 cm³/mol. The maximum Gasteiger partial charge on any atom is 0.329 e. The Bertz CT molecular complexity index is 467. The van der Waals surface area contributed by atoms with E-state index in [1.807, 2.05) is 30.3 Å². The van der Waals surface area contributed by atoms with Crippen LogP contribution in [0.2, 0.25) is 0 Å². The lowest BCUT2D eigenvalue weighted by atomic mass is 9.98. The largest absolute Gasteiger partial charge is 0.480 e. The van der Waals surface area contributed by atoms with Gasteiger partial charge in [-0.15, -0.1) is 0 Å². The standard InChI is InChI=1S/C15H20N2O3/c18-13(19)15(9-4-5-10-15)17-14(20)16-11-8-12-6-2-1-3-7-12/h1-3,6-7H,4-5,8-11H2,(H,18,19)(H2,16,17,20). The molecule has 0 atom stereocenters. The van der Waals surface area contributed by atoms with E-state index in [2.05, 4.69) is 10.6 Å². The van der Waals surface area contributed by atoms with E-state index in [1.165, 1.54) is 0 Å². The molecule has 3 N–H and O–H groups in total. The Labute approximate surface area is 118 Å². The summed E-state index contributed by atoms with van der Waals surface area (Å²) < 4.78 is 0. The molecule has 1 aromatic rings. The summed E-state index contributed by atoms with van der Waals surface area (Å²) >= 11 is 0. The molecule has 1 fully saturated rings. The third-order valence-corrected chi connectivity index (χ3v) is 3.76. The van der Waals surface area contributed by atoms with Gasteiger partial charge in [0, 0.05) is 6.54 Å². The van der Waals surface area contributed by atoms with Gasteiger partial charge in [-0.05, 0) is 24.8 Å². The van der Waals surface area contributed by atoms with Crippen molar-refractivity contribution < 1.29 is 14.7 Å². The number of rotatable bonds is 5. The highest BCUT2D eigenvalue weighted by Gasteiger charge is 2.42. The van der Waals surface area contributed by atoms with E-state index < -0.39 is 17.5 Å². The number of benzene rings is 1. The molecule has 0 bridgehead atoms. The van der Waals surface area contributed by atoms with Crippen molar-refractivity contribution in [3.8, 4) is 0 Å². The highest BCUT2D eigenvalue weighted by atomic mass is 16.4. The fourth-order valence-corrected chi connectivity index (χ4v) is 2.60. The second kappa shape index (κ2) is 6.41. The number of nitrogens with one attached hydrogen (secondary N) is 2. The lowest BCUT2D eigenvalue weighted by Crippen LogP contribution is -2.55. The van der Waals surface area contributed by atoms with Crippen molar-refractivity contribution in [1.29, 1.82) is 0 Å². The first-order valence-electron chi connectivity index (χ1n) is 6.96. The monoisotopic (exact) mass is 276 g/mol. The molecule has 0 aliphatic heterocycles. The van der Waals surface area contributed by atoms with Crippen LogP contribution in [-0.2, 0) is 11.2 Å². The number of hydrogen-bond donors (Lipinski definition) is 3. The number of hydrogen-bond acceptors (Lipinski definition) is 2. The molecule has 0 saturated heterocycles. The Morgan fingerprint density at radius 2 is 1.80 bits per heavy atom. The number of carbonyl (C=O) groups excluding carboxylic acids is 1. The molecule has 20 heavy (non-hydrogen) atoms. The van der Waals surface area contributed by atoms with Gasteiger partial charge in [-0.25, -0.2) is 9.59 Å². The summed E-state index contributed by atoms with van der Waals surface area (Å²) in [5, 5.41) is 14.6. The molecule has 1 aromatic carbocycles. The van der Waals surface area contributed by atoms with Gasteiger partial charge in [-0.1, -0.05) is 43.2 Å². The van der Waals surface area contributed by atoms with Crippen LogP contribution in [0.15, 0.2) is 30.3 Å². The van der Waals surface area contributed by atoms with Crippen LogP contribution in [0.25, 0.3) is 0 Å². The molecular formula is C15H20N2O3. The Kier molecular flexibility index (Phi) is 4.61. The maximum atomic E-state index is 11.8. The first-order valence-corrected chi connectivity index (χ1v) is 6.96. The zero-order chi connectivity index (χ0) is 14.4. The van der Waals surface area contributed by atoms with Crippen LogP contribution < -0.4 is 10.6 Å².